The van der Waals surface area contributed by atoms with Crippen LogP contribution in [0, 0.1) is 24.0 Å². The number of imide groups is 1. The van der Waals surface area contributed by atoms with Crippen LogP contribution in [0.5, 0.6) is 10.9 Å². The minimum atomic E-state index is -4.61. The molecule has 1 aromatic heterocycles. The van der Waals surface area contributed by atoms with Crippen LogP contribution in [-0.4, -0.2) is 93.3 Å². The lowest BCUT2D eigenvalue weighted by Crippen LogP contribution is -2.40. The molecule has 3 aliphatic rings. The number of ether oxygens (including phenoxy) is 2. The molecular weight excluding hydrogens is 850 g/mol. The first-order valence-corrected chi connectivity index (χ1v) is 20.1. The Balaban J connectivity index is 0.000000218. The summed E-state index contributed by atoms with van der Waals surface area (Å²) in [6, 6.07) is 7.39. The third kappa shape index (κ3) is 12.1. The fourth-order valence-electron chi connectivity index (χ4n) is 5.82. The minimum absolute atomic E-state index is 0.0170. The number of carbonyl (C=O) groups is 5. The fraction of sp³-hybridized carbons (Fsp3) is 0.361. The van der Waals surface area contributed by atoms with Crippen molar-refractivity contribution in [3.63, 3.8) is 0 Å². The molecule has 0 radical (unpaired) electrons. The van der Waals surface area contributed by atoms with Gasteiger partial charge in [0.05, 0.1) is 30.8 Å². The predicted molar refractivity (Wildman–Crippen MR) is 203 cm³/mol. The molecule has 3 aromatic rings. The molecular formula is C36H36F5N6O11PS. The maximum atomic E-state index is 14.7. The molecule has 2 aliphatic heterocycles. The van der Waals surface area contributed by atoms with Crippen molar-refractivity contribution < 1.29 is 74.9 Å². The van der Waals surface area contributed by atoms with Gasteiger partial charge in [0.1, 0.15) is 11.6 Å². The number of amides is 4. The molecule has 4 N–H and O–H groups in total. The van der Waals surface area contributed by atoms with Crippen molar-refractivity contribution in [1.82, 2.24) is 15.5 Å². The van der Waals surface area contributed by atoms with E-state index in [1.54, 1.807) is 13.8 Å². The first-order chi connectivity index (χ1) is 28.1. The van der Waals surface area contributed by atoms with E-state index >= 15 is 0 Å². The van der Waals surface area contributed by atoms with E-state index < -0.39 is 73.5 Å². The number of nitrogens with zero attached hydrogens (tertiary/aromatic N) is 5. The van der Waals surface area contributed by atoms with Gasteiger partial charge < -0.3 is 29.3 Å². The number of aromatic nitrogens is 2. The number of aliphatic carboxylic acids is 1. The highest BCUT2D eigenvalue weighted by atomic mass is 32.1. The highest BCUT2D eigenvalue weighted by Crippen LogP contribution is 2.42. The second-order valence-electron chi connectivity index (χ2n) is 13.0. The summed E-state index contributed by atoms with van der Waals surface area (Å²) in [7, 11) is -4.10. The maximum absolute atomic E-state index is 14.7. The Bertz CT molecular complexity index is 2210. The van der Waals surface area contributed by atoms with Crippen molar-refractivity contribution in [2.24, 2.45) is 0 Å². The van der Waals surface area contributed by atoms with E-state index in [-0.39, 0.29) is 58.8 Å². The van der Waals surface area contributed by atoms with Crippen LogP contribution in [0.1, 0.15) is 44.5 Å². The Hall–Kier alpha value is -5.79. The SMILES string of the molecule is C#CCN1C(=O)COc2cc(F)c(N3C(=O)C4=C(CCCC4)C3=O)cc21.CC(C)N(C(=O)COc1nnc(C(F)(F)F)s1)c1ccc(F)cc1.O=C(O)CNCP(=O)(O)O. The molecule has 0 atom stereocenters. The van der Waals surface area contributed by atoms with Crippen LogP contribution in [-0.2, 0) is 34.7 Å². The third-order valence-corrected chi connectivity index (χ3v) is 9.82. The standard InChI is InChI=1S/C19H15FN2O4.C14H13F4N3O2S.C3H8NO5P/c1-2-7-21-15-9-14(13(20)8-16(15)26-10-17(21)23)22-18(24)11-5-3-4-6-12(11)19(22)25;1-8(2)21(10-5-3-9(15)4-6-10)11(22)7-23-13-20-19-12(24-13)14(16,17)18;5-3(6)1-4-2-10(7,8)9/h1,8-9H,3-7,10H2;3-6,8H,7H2,1-2H3;4H,1-2H2,(H,5,6)(H2,7,8,9). The number of nitrogens with one attached hydrogen (secondary N) is 1. The Morgan fingerprint density at radius 1 is 1.05 bits per heavy atom. The number of carboxylic acids is 1. The Morgan fingerprint density at radius 2 is 1.67 bits per heavy atom. The Kier molecular flexibility index (Phi) is 15.6. The van der Waals surface area contributed by atoms with E-state index in [0.717, 1.165) is 23.8 Å². The van der Waals surface area contributed by atoms with Gasteiger partial charge in [-0.1, -0.05) is 22.4 Å². The molecule has 1 aliphatic carbocycles. The van der Waals surface area contributed by atoms with Gasteiger partial charge in [-0.05, 0) is 69.9 Å². The van der Waals surface area contributed by atoms with E-state index in [4.69, 9.17) is 30.8 Å². The molecule has 0 saturated carbocycles. The summed E-state index contributed by atoms with van der Waals surface area (Å²) in [6.45, 7) is 2.27. The molecule has 4 amide bonds. The molecule has 3 heterocycles. The van der Waals surface area contributed by atoms with Gasteiger partial charge in [-0.25, -0.2) is 13.7 Å². The van der Waals surface area contributed by atoms with Crippen molar-refractivity contribution in [1.29, 1.82) is 0 Å². The van der Waals surface area contributed by atoms with Crippen molar-refractivity contribution in [3.8, 4) is 23.3 Å². The van der Waals surface area contributed by atoms with E-state index in [1.807, 2.05) is 0 Å². The van der Waals surface area contributed by atoms with Crippen LogP contribution < -0.4 is 29.5 Å². The molecule has 322 valence electrons. The number of carboxylic acid groups (broad SMARTS) is 1. The fourth-order valence-corrected chi connectivity index (χ4v) is 6.79. The zero-order valence-corrected chi connectivity index (χ0v) is 33.3. The van der Waals surface area contributed by atoms with Gasteiger partial charge in [0.15, 0.2) is 19.0 Å². The summed E-state index contributed by atoms with van der Waals surface area (Å²) < 4.78 is 85.3. The number of alkyl halides is 3. The van der Waals surface area contributed by atoms with Gasteiger partial charge in [-0.15, -0.1) is 11.5 Å². The second kappa shape index (κ2) is 20.0. The summed E-state index contributed by atoms with van der Waals surface area (Å²) in [5.74, 6) is -1.68. The number of benzene rings is 2. The molecule has 24 heteroatoms. The lowest BCUT2D eigenvalue weighted by molar-refractivity contribution is -0.138. The lowest BCUT2D eigenvalue weighted by Gasteiger charge is -2.29. The Labute approximate surface area is 341 Å². The van der Waals surface area contributed by atoms with Crippen molar-refractivity contribution >= 4 is 65.6 Å². The summed E-state index contributed by atoms with van der Waals surface area (Å²) in [4.78, 5) is 79.3. The first-order valence-electron chi connectivity index (χ1n) is 17.5. The van der Waals surface area contributed by atoms with E-state index in [1.165, 1.54) is 40.1 Å². The number of halogens is 5. The smallest absolute Gasteiger partial charge is 0.445 e. The molecule has 0 unspecified atom stereocenters. The van der Waals surface area contributed by atoms with Gasteiger partial charge in [0.2, 0.25) is 5.01 Å². The van der Waals surface area contributed by atoms with Crippen LogP contribution in [0.15, 0.2) is 47.5 Å². The molecule has 0 saturated heterocycles. The zero-order chi connectivity index (χ0) is 44.5. The average molecular weight is 887 g/mol. The minimum Gasteiger partial charge on any atom is -0.481 e. The molecule has 0 bridgehead atoms. The average Bonchev–Trinajstić information content (AvgIpc) is 3.75. The molecule has 6 rings (SSSR count). The van der Waals surface area contributed by atoms with Crippen LogP contribution in [0.25, 0.3) is 0 Å². The zero-order valence-electron chi connectivity index (χ0n) is 31.6. The summed E-state index contributed by atoms with van der Waals surface area (Å²) in [5.41, 5.74) is 1.44. The lowest BCUT2D eigenvalue weighted by atomic mass is 9.93. The normalized spacial score (nSPS) is 14.9. The molecule has 0 fully saturated rings. The molecule has 60 heavy (non-hydrogen) atoms. The second-order valence-corrected chi connectivity index (χ2v) is 15.6. The number of fused-ring (bicyclic) bond motifs is 1. The highest BCUT2D eigenvalue weighted by Gasteiger charge is 2.42. The number of hydrogen-bond donors (Lipinski definition) is 4. The van der Waals surface area contributed by atoms with Crippen LogP contribution >= 0.6 is 18.9 Å². The largest absolute Gasteiger partial charge is 0.481 e. The van der Waals surface area contributed by atoms with Crippen molar-refractivity contribution in [2.45, 2.75) is 51.7 Å². The van der Waals surface area contributed by atoms with Gasteiger partial charge in [0.25, 0.3) is 28.8 Å². The number of carbonyl (C=O) groups excluding carboxylic acids is 4. The predicted octanol–water partition coefficient (Wildman–Crippen LogP) is 4.24. The number of anilines is 3. The van der Waals surface area contributed by atoms with E-state index in [0.29, 0.717) is 29.7 Å². The van der Waals surface area contributed by atoms with E-state index in [2.05, 4.69) is 21.4 Å². The van der Waals surface area contributed by atoms with Crippen LogP contribution in [0.2, 0.25) is 0 Å². The molecule has 2 aromatic carbocycles. The van der Waals surface area contributed by atoms with Gasteiger partial charge in [-0.2, -0.15) is 13.2 Å². The van der Waals surface area contributed by atoms with Crippen molar-refractivity contribution in [3.05, 3.63) is 64.2 Å². The topological polar surface area (TPSA) is 229 Å². The summed E-state index contributed by atoms with van der Waals surface area (Å²) in [5, 5.41) is 14.8. The Morgan fingerprint density at radius 3 is 2.18 bits per heavy atom. The van der Waals surface area contributed by atoms with Gasteiger partial charge >= 0.3 is 19.7 Å². The monoisotopic (exact) mass is 886 g/mol. The number of hydrogen-bond acceptors (Lipinski definition) is 12. The molecule has 17 nitrogen and oxygen atoms in total. The van der Waals surface area contributed by atoms with E-state index in [9.17, 15) is 50.5 Å². The third-order valence-electron chi connectivity index (χ3n) is 8.30. The summed E-state index contributed by atoms with van der Waals surface area (Å²) in [6.07, 6.45) is 2.80. The van der Waals surface area contributed by atoms with Crippen molar-refractivity contribution in [2.75, 3.05) is 47.3 Å². The number of terminal acetylenes is 1. The molecule has 0 spiro atoms. The van der Waals surface area contributed by atoms with Crippen LogP contribution in [0.4, 0.5) is 39.0 Å². The van der Waals surface area contributed by atoms with Crippen LogP contribution in [0.3, 0.4) is 0 Å². The highest BCUT2D eigenvalue weighted by molar-refractivity contribution is 7.51. The van der Waals surface area contributed by atoms with Gasteiger partial charge in [0, 0.05) is 28.9 Å². The quantitative estimate of drug-likeness (QED) is 0.0915. The maximum Gasteiger partial charge on any atom is 0.445 e. The number of rotatable bonds is 11. The summed E-state index contributed by atoms with van der Waals surface area (Å²) >= 11 is 0.210. The first kappa shape index (κ1) is 46.9. The van der Waals surface area contributed by atoms with Gasteiger partial charge in [-0.3, -0.25) is 38.8 Å².